The largest absolute Gasteiger partial charge is 0.507 e. The van der Waals surface area contributed by atoms with E-state index >= 15 is 0 Å². The summed E-state index contributed by atoms with van der Waals surface area (Å²) in [5, 5.41) is 9.27. The minimum absolute atomic E-state index is 0.156. The zero-order valence-corrected chi connectivity index (χ0v) is 11.8. The molecule has 0 aliphatic heterocycles. The summed E-state index contributed by atoms with van der Waals surface area (Å²) in [6.45, 7) is 1.59. The van der Waals surface area contributed by atoms with Crippen molar-refractivity contribution < 1.29 is 31.4 Å². The van der Waals surface area contributed by atoms with E-state index in [1.165, 1.54) is 18.2 Å². The summed E-state index contributed by atoms with van der Waals surface area (Å²) in [7, 11) is 0. The number of rotatable bonds is 2. The van der Waals surface area contributed by atoms with Crippen LogP contribution >= 0.6 is 0 Å². The number of hydrogen-bond acceptors (Lipinski definition) is 1. The van der Waals surface area contributed by atoms with Crippen molar-refractivity contribution in [2.45, 2.75) is 25.2 Å². The second-order valence-electron chi connectivity index (χ2n) is 5.16. The van der Waals surface area contributed by atoms with E-state index in [4.69, 9.17) is 0 Å². The standard InChI is InChI=1S/C16H12F6O/c1-9-3-2-4-10(7-9)14(16(20,21)22)11-5-6-13(23)12(8-11)15(17,18)19/h2-8,14,23H,1H3. The van der Waals surface area contributed by atoms with Gasteiger partial charge in [0.25, 0.3) is 0 Å². The number of aryl methyl sites for hydroxylation is 1. The van der Waals surface area contributed by atoms with Gasteiger partial charge in [-0.25, -0.2) is 0 Å². The second-order valence-corrected chi connectivity index (χ2v) is 5.16. The van der Waals surface area contributed by atoms with E-state index in [-0.39, 0.29) is 5.56 Å². The normalized spacial score (nSPS) is 13.9. The summed E-state index contributed by atoms with van der Waals surface area (Å²) in [5.74, 6) is -3.31. The molecule has 1 unspecified atom stereocenters. The average Bonchev–Trinajstić information content (AvgIpc) is 2.38. The lowest BCUT2D eigenvalue weighted by atomic mass is 9.88. The van der Waals surface area contributed by atoms with Gasteiger partial charge in [-0.05, 0) is 30.2 Å². The first kappa shape index (κ1) is 17.2. The number of hydrogen-bond donors (Lipinski definition) is 1. The summed E-state index contributed by atoms with van der Waals surface area (Å²) in [5.41, 5.74) is -1.66. The van der Waals surface area contributed by atoms with E-state index in [0.717, 1.165) is 6.07 Å². The van der Waals surface area contributed by atoms with E-state index < -0.39 is 35.1 Å². The van der Waals surface area contributed by atoms with Crippen molar-refractivity contribution >= 4 is 0 Å². The summed E-state index contributed by atoms with van der Waals surface area (Å²) >= 11 is 0. The Bertz CT molecular complexity index is 702. The molecule has 0 saturated heterocycles. The molecular formula is C16H12F6O. The third kappa shape index (κ3) is 3.78. The van der Waals surface area contributed by atoms with E-state index in [1.54, 1.807) is 13.0 Å². The zero-order chi connectivity index (χ0) is 17.4. The van der Waals surface area contributed by atoms with Gasteiger partial charge in [0.2, 0.25) is 0 Å². The second kappa shape index (κ2) is 5.79. The van der Waals surface area contributed by atoms with Crippen LogP contribution in [0.3, 0.4) is 0 Å². The maximum absolute atomic E-state index is 13.4. The molecule has 0 amide bonds. The Morgan fingerprint density at radius 2 is 1.48 bits per heavy atom. The van der Waals surface area contributed by atoms with Crippen LogP contribution in [0, 0.1) is 6.92 Å². The van der Waals surface area contributed by atoms with E-state index in [9.17, 15) is 31.4 Å². The van der Waals surface area contributed by atoms with Gasteiger partial charge in [-0.2, -0.15) is 26.3 Å². The van der Waals surface area contributed by atoms with Gasteiger partial charge in [-0.15, -0.1) is 0 Å². The third-order valence-electron chi connectivity index (χ3n) is 3.36. The van der Waals surface area contributed by atoms with Crippen LogP contribution in [0.1, 0.15) is 28.2 Å². The fourth-order valence-corrected chi connectivity index (χ4v) is 2.38. The van der Waals surface area contributed by atoms with Crippen molar-refractivity contribution in [2.24, 2.45) is 0 Å². The van der Waals surface area contributed by atoms with E-state index in [2.05, 4.69) is 0 Å². The molecule has 2 aromatic rings. The Balaban J connectivity index is 2.62. The van der Waals surface area contributed by atoms with Crippen LogP contribution in [-0.4, -0.2) is 11.3 Å². The molecular weight excluding hydrogens is 322 g/mol. The molecule has 0 heterocycles. The van der Waals surface area contributed by atoms with Gasteiger partial charge >= 0.3 is 12.4 Å². The topological polar surface area (TPSA) is 20.2 Å². The Hall–Kier alpha value is -2.18. The number of aromatic hydroxyl groups is 1. The zero-order valence-electron chi connectivity index (χ0n) is 11.8. The molecule has 2 rings (SSSR count). The highest BCUT2D eigenvalue weighted by Gasteiger charge is 2.43. The van der Waals surface area contributed by atoms with E-state index in [1.807, 2.05) is 0 Å². The highest BCUT2D eigenvalue weighted by molar-refractivity contribution is 5.43. The summed E-state index contributed by atoms with van der Waals surface area (Å²) < 4.78 is 78.7. The van der Waals surface area contributed by atoms with Gasteiger partial charge in [0.1, 0.15) is 11.7 Å². The lowest BCUT2D eigenvalue weighted by Crippen LogP contribution is -2.22. The van der Waals surface area contributed by atoms with Crippen LogP contribution < -0.4 is 0 Å². The van der Waals surface area contributed by atoms with Crippen LogP contribution in [0.4, 0.5) is 26.3 Å². The lowest BCUT2D eigenvalue weighted by Gasteiger charge is -2.23. The fourth-order valence-electron chi connectivity index (χ4n) is 2.38. The molecule has 1 atom stereocenters. The number of phenolic OH excluding ortho intramolecular Hbond substituents is 1. The number of halogens is 6. The molecule has 7 heteroatoms. The summed E-state index contributed by atoms with van der Waals surface area (Å²) in [6, 6.07) is 7.32. The van der Waals surface area contributed by atoms with Crippen LogP contribution in [0.25, 0.3) is 0 Å². The van der Waals surface area contributed by atoms with Crippen LogP contribution in [0.5, 0.6) is 5.75 Å². The van der Waals surface area contributed by atoms with Crippen molar-refractivity contribution in [3.63, 3.8) is 0 Å². The minimum atomic E-state index is -4.94. The number of alkyl halides is 6. The molecule has 124 valence electrons. The molecule has 0 radical (unpaired) electrons. The Labute approximate surface area is 128 Å². The van der Waals surface area contributed by atoms with Crippen molar-refractivity contribution in [1.29, 1.82) is 0 Å². The predicted molar refractivity (Wildman–Crippen MR) is 72.2 cm³/mol. The van der Waals surface area contributed by atoms with E-state index in [0.29, 0.717) is 17.7 Å². The third-order valence-corrected chi connectivity index (χ3v) is 3.36. The SMILES string of the molecule is Cc1cccc(C(c2ccc(O)c(C(F)(F)F)c2)C(F)(F)F)c1. The first-order chi connectivity index (χ1) is 10.5. The van der Waals surface area contributed by atoms with Crippen LogP contribution in [-0.2, 0) is 6.18 Å². The first-order valence-corrected chi connectivity index (χ1v) is 6.53. The molecule has 0 aliphatic carbocycles. The van der Waals surface area contributed by atoms with Crippen LogP contribution in [0.15, 0.2) is 42.5 Å². The number of phenols is 1. The van der Waals surface area contributed by atoms with Gasteiger partial charge in [0.15, 0.2) is 0 Å². The summed E-state index contributed by atoms with van der Waals surface area (Å²) in [4.78, 5) is 0. The van der Waals surface area contributed by atoms with Gasteiger partial charge < -0.3 is 5.11 Å². The smallest absolute Gasteiger partial charge is 0.419 e. The fraction of sp³-hybridized carbons (Fsp3) is 0.250. The molecule has 0 saturated carbocycles. The van der Waals surface area contributed by atoms with Gasteiger partial charge in [0.05, 0.1) is 5.56 Å². The first-order valence-electron chi connectivity index (χ1n) is 6.53. The van der Waals surface area contributed by atoms with Crippen molar-refractivity contribution in [3.05, 3.63) is 64.7 Å². The molecule has 1 nitrogen and oxygen atoms in total. The van der Waals surface area contributed by atoms with Gasteiger partial charge in [-0.3, -0.25) is 0 Å². The monoisotopic (exact) mass is 334 g/mol. The molecule has 23 heavy (non-hydrogen) atoms. The Morgan fingerprint density at radius 1 is 0.870 bits per heavy atom. The van der Waals surface area contributed by atoms with Gasteiger partial charge in [0, 0.05) is 0 Å². The molecule has 0 spiro atoms. The number of benzene rings is 2. The highest BCUT2D eigenvalue weighted by atomic mass is 19.4. The van der Waals surface area contributed by atoms with Crippen LogP contribution in [0.2, 0.25) is 0 Å². The Morgan fingerprint density at radius 3 is 2.00 bits per heavy atom. The quantitative estimate of drug-likeness (QED) is 0.728. The van der Waals surface area contributed by atoms with Crippen molar-refractivity contribution in [2.75, 3.05) is 0 Å². The average molecular weight is 334 g/mol. The molecule has 2 aromatic carbocycles. The maximum atomic E-state index is 13.4. The predicted octanol–water partition coefficient (Wildman–Crippen LogP) is 5.41. The molecule has 1 N–H and O–H groups in total. The summed E-state index contributed by atoms with van der Waals surface area (Å²) in [6.07, 6.45) is -9.71. The molecule has 0 fully saturated rings. The maximum Gasteiger partial charge on any atom is 0.419 e. The van der Waals surface area contributed by atoms with Crippen molar-refractivity contribution in [3.8, 4) is 5.75 Å². The van der Waals surface area contributed by atoms with Gasteiger partial charge in [-0.1, -0.05) is 35.9 Å². The highest BCUT2D eigenvalue weighted by Crippen LogP contribution is 2.43. The van der Waals surface area contributed by atoms with Crippen molar-refractivity contribution in [1.82, 2.24) is 0 Å². The molecule has 0 bridgehead atoms. The Kier molecular flexibility index (Phi) is 4.32. The minimum Gasteiger partial charge on any atom is -0.507 e. The molecule has 0 aromatic heterocycles. The molecule has 0 aliphatic rings. The lowest BCUT2D eigenvalue weighted by molar-refractivity contribution is -0.144.